The van der Waals surface area contributed by atoms with Gasteiger partial charge in [-0.25, -0.2) is 4.98 Å². The van der Waals surface area contributed by atoms with Crippen LogP contribution in [0.25, 0.3) is 0 Å². The maximum atomic E-state index is 12.8. The first kappa shape index (κ1) is 23.7. The largest absolute Gasteiger partial charge is 0.384 e. The van der Waals surface area contributed by atoms with E-state index >= 15 is 0 Å². The first-order valence-corrected chi connectivity index (χ1v) is 12.4. The highest BCUT2D eigenvalue weighted by atomic mass is 79.9. The van der Waals surface area contributed by atoms with Crippen molar-refractivity contribution in [2.24, 2.45) is 5.92 Å². The van der Waals surface area contributed by atoms with Gasteiger partial charge in [-0.3, -0.25) is 9.69 Å². The summed E-state index contributed by atoms with van der Waals surface area (Å²) in [7, 11) is 0. The van der Waals surface area contributed by atoms with Crippen LogP contribution < -0.4 is 10.6 Å². The Bertz CT molecular complexity index is 1070. The molecule has 0 saturated carbocycles. The highest BCUT2D eigenvalue weighted by molar-refractivity contribution is 9.10. The topological polar surface area (TPSA) is 57.3 Å². The van der Waals surface area contributed by atoms with Crippen molar-refractivity contribution in [2.75, 3.05) is 30.3 Å². The zero-order valence-corrected chi connectivity index (χ0v) is 20.9. The molecule has 0 unspecified atom stereocenters. The molecule has 1 aromatic heterocycles. The lowest BCUT2D eigenvalue weighted by Gasteiger charge is -2.36. The number of piperidine rings is 1. The van der Waals surface area contributed by atoms with Gasteiger partial charge in [0.2, 0.25) is 0 Å². The second-order valence-corrected chi connectivity index (χ2v) is 9.80. The molecule has 7 heteroatoms. The van der Waals surface area contributed by atoms with Gasteiger partial charge in [0, 0.05) is 28.9 Å². The number of para-hydroxylation sites is 1. The molecular formula is C26H28BrClN4O. The van der Waals surface area contributed by atoms with Gasteiger partial charge < -0.3 is 10.6 Å². The number of halogens is 2. The molecule has 33 heavy (non-hydrogen) atoms. The number of hydrogen-bond acceptors (Lipinski definition) is 4. The summed E-state index contributed by atoms with van der Waals surface area (Å²) < 4.78 is 1.11. The van der Waals surface area contributed by atoms with Crippen molar-refractivity contribution in [3.05, 3.63) is 87.5 Å². The van der Waals surface area contributed by atoms with Crippen molar-refractivity contribution in [2.45, 2.75) is 25.8 Å². The Morgan fingerprint density at radius 3 is 2.55 bits per heavy atom. The van der Waals surface area contributed by atoms with E-state index in [1.54, 1.807) is 12.1 Å². The number of anilines is 2. The number of aromatic nitrogens is 1. The third-order valence-corrected chi connectivity index (χ3v) is 7.02. The predicted molar refractivity (Wildman–Crippen MR) is 139 cm³/mol. The number of rotatable bonds is 7. The van der Waals surface area contributed by atoms with Crippen LogP contribution in [-0.4, -0.2) is 35.4 Å². The van der Waals surface area contributed by atoms with Crippen LogP contribution >= 0.6 is 27.5 Å². The van der Waals surface area contributed by atoms with Gasteiger partial charge in [-0.05, 0) is 80.7 Å². The summed E-state index contributed by atoms with van der Waals surface area (Å²) in [5.41, 5.74) is 2.80. The molecule has 172 valence electrons. The second-order valence-electron chi connectivity index (χ2n) is 8.45. The van der Waals surface area contributed by atoms with E-state index in [1.807, 2.05) is 24.3 Å². The van der Waals surface area contributed by atoms with E-state index in [9.17, 15) is 4.79 Å². The minimum atomic E-state index is -0.189. The fourth-order valence-corrected chi connectivity index (χ4v) is 4.60. The van der Waals surface area contributed by atoms with Gasteiger partial charge >= 0.3 is 0 Å². The van der Waals surface area contributed by atoms with Crippen molar-refractivity contribution in [3.8, 4) is 0 Å². The van der Waals surface area contributed by atoms with Gasteiger partial charge in [0.15, 0.2) is 0 Å². The van der Waals surface area contributed by atoms with E-state index in [-0.39, 0.29) is 5.91 Å². The lowest BCUT2D eigenvalue weighted by molar-refractivity contribution is 0.102. The maximum absolute atomic E-state index is 12.8. The molecule has 0 spiro atoms. The molecule has 2 heterocycles. The smallest absolute Gasteiger partial charge is 0.258 e. The molecule has 1 atom stereocenters. The molecule has 0 radical (unpaired) electrons. The van der Waals surface area contributed by atoms with Gasteiger partial charge in [-0.1, -0.05) is 51.8 Å². The van der Waals surface area contributed by atoms with Crippen LogP contribution in [0.5, 0.6) is 0 Å². The lowest BCUT2D eigenvalue weighted by atomic mass is 9.94. The van der Waals surface area contributed by atoms with Crippen LogP contribution in [0, 0.1) is 5.92 Å². The zero-order valence-electron chi connectivity index (χ0n) is 18.6. The number of carbonyl (C=O) groups is 1. The minimum absolute atomic E-state index is 0.189. The summed E-state index contributed by atoms with van der Waals surface area (Å²) in [4.78, 5) is 19.5. The Kier molecular flexibility index (Phi) is 8.02. The summed E-state index contributed by atoms with van der Waals surface area (Å²) in [5, 5.41) is 6.89. The Morgan fingerprint density at radius 2 is 1.85 bits per heavy atom. The normalized spacial score (nSPS) is 15.7. The van der Waals surface area contributed by atoms with Crippen molar-refractivity contribution >= 4 is 44.9 Å². The summed E-state index contributed by atoms with van der Waals surface area (Å²) in [6.07, 6.45) is 3.79. The number of nitrogens with zero attached hydrogens (tertiary/aromatic N) is 2. The van der Waals surface area contributed by atoms with Gasteiger partial charge in [0.25, 0.3) is 5.91 Å². The molecule has 1 aliphatic heterocycles. The summed E-state index contributed by atoms with van der Waals surface area (Å²) in [6, 6.07) is 20.0. The van der Waals surface area contributed by atoms with Crippen LogP contribution in [-0.2, 0) is 0 Å². The highest BCUT2D eigenvalue weighted by Crippen LogP contribution is 2.28. The van der Waals surface area contributed by atoms with E-state index in [0.29, 0.717) is 28.4 Å². The average Bonchev–Trinajstić information content (AvgIpc) is 2.85. The molecule has 3 aromatic rings. The molecular weight excluding hydrogens is 500 g/mol. The average molecular weight is 528 g/mol. The number of amides is 1. The van der Waals surface area contributed by atoms with E-state index < -0.39 is 0 Å². The first-order chi connectivity index (χ1) is 16.0. The molecule has 2 N–H and O–H groups in total. The molecule has 1 fully saturated rings. The summed E-state index contributed by atoms with van der Waals surface area (Å²) in [5.74, 6) is 0.866. The van der Waals surface area contributed by atoms with E-state index in [1.165, 1.54) is 11.8 Å². The van der Waals surface area contributed by atoms with Gasteiger partial charge in [-0.15, -0.1) is 0 Å². The van der Waals surface area contributed by atoms with Crippen LogP contribution in [0.2, 0.25) is 5.02 Å². The maximum Gasteiger partial charge on any atom is 0.258 e. The van der Waals surface area contributed by atoms with E-state index in [0.717, 1.165) is 42.6 Å². The number of nitrogens with one attached hydrogen (secondary N) is 2. The van der Waals surface area contributed by atoms with Crippen LogP contribution in [0.1, 0.15) is 41.7 Å². The number of likely N-dealkylation sites (tertiary alicyclic amines) is 1. The second kappa shape index (κ2) is 11.1. The first-order valence-electron chi connectivity index (χ1n) is 11.2. The van der Waals surface area contributed by atoms with E-state index in [4.69, 9.17) is 11.6 Å². The Balaban J connectivity index is 1.30. The summed E-state index contributed by atoms with van der Waals surface area (Å²) >= 11 is 9.39. The number of carbonyl (C=O) groups excluding carboxylic acids is 1. The molecule has 0 aliphatic carbocycles. The standard InChI is InChI=1S/C26H28BrClN4O/c1-18(20-6-8-21(27)9-7-20)32-14-12-19(13-15-32)16-29-24-5-3-2-4-23(24)26(33)31-25-11-10-22(28)17-30-25/h2-11,17-19,29H,12-16H2,1H3,(H,30,31,33)/t18-/m1/s1. The summed E-state index contributed by atoms with van der Waals surface area (Å²) in [6.45, 7) is 5.29. The van der Waals surface area contributed by atoms with Crippen molar-refractivity contribution in [3.63, 3.8) is 0 Å². The minimum Gasteiger partial charge on any atom is -0.384 e. The van der Waals surface area contributed by atoms with Crippen molar-refractivity contribution < 1.29 is 4.79 Å². The molecule has 1 amide bonds. The van der Waals surface area contributed by atoms with Crippen LogP contribution in [0.3, 0.4) is 0 Å². The quantitative estimate of drug-likeness (QED) is 0.362. The van der Waals surface area contributed by atoms with Crippen molar-refractivity contribution in [1.29, 1.82) is 0 Å². The highest BCUT2D eigenvalue weighted by Gasteiger charge is 2.24. The lowest BCUT2D eigenvalue weighted by Crippen LogP contribution is -2.37. The number of pyridine rings is 1. The molecule has 1 aliphatic rings. The van der Waals surface area contributed by atoms with Gasteiger partial charge in [-0.2, -0.15) is 0 Å². The molecule has 2 aromatic carbocycles. The Labute approximate surface area is 208 Å². The molecule has 5 nitrogen and oxygen atoms in total. The molecule has 4 rings (SSSR count). The molecule has 1 saturated heterocycles. The monoisotopic (exact) mass is 526 g/mol. The Morgan fingerprint density at radius 1 is 1.12 bits per heavy atom. The van der Waals surface area contributed by atoms with Crippen LogP contribution in [0.15, 0.2) is 71.3 Å². The Hall–Kier alpha value is -2.41. The van der Waals surface area contributed by atoms with Gasteiger partial charge in [0.05, 0.1) is 10.6 Å². The van der Waals surface area contributed by atoms with Crippen molar-refractivity contribution in [1.82, 2.24) is 9.88 Å². The SMILES string of the molecule is C[C@H](c1ccc(Br)cc1)N1CCC(CNc2ccccc2C(=O)Nc2ccc(Cl)cn2)CC1. The van der Waals surface area contributed by atoms with Crippen LogP contribution in [0.4, 0.5) is 11.5 Å². The van der Waals surface area contributed by atoms with E-state index in [2.05, 4.69) is 67.6 Å². The third kappa shape index (κ3) is 6.34. The number of hydrogen-bond donors (Lipinski definition) is 2. The third-order valence-electron chi connectivity index (χ3n) is 6.27. The predicted octanol–water partition coefficient (Wildman–Crippen LogP) is 6.63. The molecule has 0 bridgehead atoms. The number of benzene rings is 2. The fraction of sp³-hybridized carbons (Fsp3) is 0.308. The zero-order chi connectivity index (χ0) is 23.2. The van der Waals surface area contributed by atoms with Gasteiger partial charge in [0.1, 0.15) is 5.82 Å². The fourth-order valence-electron chi connectivity index (χ4n) is 4.22.